The molecule has 21 atom stereocenters. The molecule has 3 fully saturated rings. The summed E-state index contributed by atoms with van der Waals surface area (Å²) in [6, 6.07) is -1.04. The summed E-state index contributed by atoms with van der Waals surface area (Å²) in [5.74, 6) is -4.21. The van der Waals surface area contributed by atoms with Crippen LogP contribution in [0.25, 0.3) is 0 Å². The predicted molar refractivity (Wildman–Crippen MR) is 241 cm³/mol. The third kappa shape index (κ3) is 15.2. The molecule has 0 saturated carbocycles. The second-order valence-corrected chi connectivity index (χ2v) is 20.5. The number of aldehydes is 1. The van der Waals surface area contributed by atoms with Crippen LogP contribution < -0.4 is 0 Å². The molecule has 4 aliphatic heterocycles. The molecule has 0 aromatic heterocycles. The minimum Gasteiger partial charge on any atom is -0.462 e. The summed E-state index contributed by atoms with van der Waals surface area (Å²) in [5, 5.41) is 44.0. The summed E-state index contributed by atoms with van der Waals surface area (Å²) in [6.07, 6.45) is -11.1. The van der Waals surface area contributed by atoms with Gasteiger partial charge in [-0.15, -0.1) is 0 Å². The van der Waals surface area contributed by atoms with E-state index >= 15 is 0 Å². The lowest BCUT2D eigenvalue weighted by Gasteiger charge is -2.51. The molecule has 0 aromatic rings. The van der Waals surface area contributed by atoms with Gasteiger partial charge >= 0.3 is 13.8 Å². The second kappa shape index (κ2) is 25.5. The zero-order chi connectivity index (χ0) is 51.0. The first kappa shape index (κ1) is 58.5. The molecular formula is C46H78NO20P. The summed E-state index contributed by atoms with van der Waals surface area (Å²) >= 11 is 0. The van der Waals surface area contributed by atoms with E-state index in [0.717, 1.165) is 0 Å². The molecule has 0 unspecified atom stereocenters. The van der Waals surface area contributed by atoms with E-state index in [9.17, 15) is 49.2 Å². The van der Waals surface area contributed by atoms with E-state index in [2.05, 4.69) is 0 Å². The number of carbonyl (C=O) groups excluding carboxylic acids is 3. The lowest BCUT2D eigenvalue weighted by molar-refractivity contribution is -0.339. The molecule has 21 nitrogen and oxygen atoms in total. The minimum atomic E-state index is -5.32. The van der Waals surface area contributed by atoms with E-state index in [1.165, 1.54) is 27.2 Å². The van der Waals surface area contributed by atoms with Gasteiger partial charge in [0.2, 0.25) is 0 Å². The highest BCUT2D eigenvalue weighted by atomic mass is 31.2. The highest BCUT2D eigenvalue weighted by Gasteiger charge is 2.54. The van der Waals surface area contributed by atoms with Crippen LogP contribution in [0.15, 0.2) is 23.8 Å². The van der Waals surface area contributed by atoms with Crippen molar-refractivity contribution in [3.05, 3.63) is 23.8 Å². The highest BCUT2D eigenvalue weighted by Crippen LogP contribution is 2.45. The van der Waals surface area contributed by atoms with E-state index < -0.39 is 148 Å². The molecule has 6 N–H and O–H groups in total. The lowest BCUT2D eigenvalue weighted by atomic mass is 9.79. The van der Waals surface area contributed by atoms with Crippen LogP contribution in [0.2, 0.25) is 0 Å². The fourth-order valence-electron chi connectivity index (χ4n) is 9.75. The fourth-order valence-corrected chi connectivity index (χ4v) is 10.3. The van der Waals surface area contributed by atoms with E-state index in [1.54, 1.807) is 66.6 Å². The van der Waals surface area contributed by atoms with Gasteiger partial charge in [-0.2, -0.15) is 0 Å². The molecule has 3 saturated heterocycles. The number of ketones is 1. The molecule has 0 amide bonds. The number of aliphatic hydroxyl groups excluding tert-OH is 3. The maximum atomic E-state index is 13.9. The Labute approximate surface area is 399 Å². The van der Waals surface area contributed by atoms with Gasteiger partial charge in [0.25, 0.3) is 0 Å². The van der Waals surface area contributed by atoms with E-state index in [4.69, 9.17) is 47.2 Å². The van der Waals surface area contributed by atoms with Gasteiger partial charge in [0.15, 0.2) is 24.7 Å². The van der Waals surface area contributed by atoms with Gasteiger partial charge in [-0.25, -0.2) is 4.57 Å². The van der Waals surface area contributed by atoms with Gasteiger partial charge in [0, 0.05) is 44.8 Å². The first-order chi connectivity index (χ1) is 31.8. The van der Waals surface area contributed by atoms with Crippen molar-refractivity contribution in [1.82, 2.24) is 4.90 Å². The predicted octanol–water partition coefficient (Wildman–Crippen LogP) is 1.95. The highest BCUT2D eigenvalue weighted by molar-refractivity contribution is 7.46. The van der Waals surface area contributed by atoms with Crippen LogP contribution in [0.4, 0.5) is 0 Å². The number of carbonyl (C=O) groups is 3. The van der Waals surface area contributed by atoms with Crippen LogP contribution in [0.1, 0.15) is 87.5 Å². The van der Waals surface area contributed by atoms with Crippen molar-refractivity contribution in [2.45, 2.75) is 191 Å². The number of nitrogens with zero attached hydrogens (tertiary/aromatic N) is 1. The number of ether oxygens (including phenoxy) is 9. The van der Waals surface area contributed by atoms with E-state index in [0.29, 0.717) is 18.3 Å². The average Bonchev–Trinajstić information content (AvgIpc) is 3.25. The molecule has 0 spiro atoms. The topological polar surface area (TPSA) is 285 Å². The molecule has 0 bridgehead atoms. The van der Waals surface area contributed by atoms with Crippen LogP contribution in [0.3, 0.4) is 0 Å². The maximum absolute atomic E-state index is 13.9. The zero-order valence-corrected chi connectivity index (χ0v) is 42.3. The zero-order valence-electron chi connectivity index (χ0n) is 41.4. The fraction of sp³-hybridized carbons (Fsp3) is 0.848. The molecular weight excluding hydrogens is 917 g/mol. The normalized spacial score (nSPS) is 44.2. The lowest BCUT2D eigenvalue weighted by Crippen LogP contribution is -2.66. The summed E-state index contributed by atoms with van der Waals surface area (Å²) < 4.78 is 72.8. The third-order valence-electron chi connectivity index (χ3n) is 13.6. The summed E-state index contributed by atoms with van der Waals surface area (Å²) in [4.78, 5) is 62.2. The van der Waals surface area contributed by atoms with Gasteiger partial charge in [-0.3, -0.25) is 14.1 Å². The summed E-state index contributed by atoms with van der Waals surface area (Å²) in [6.45, 7) is 13.1. The largest absolute Gasteiger partial charge is 0.470 e. The van der Waals surface area contributed by atoms with Crippen LogP contribution >= 0.6 is 7.82 Å². The number of phosphoric ester groups is 1. The number of rotatable bonds is 15. The first-order valence-electron chi connectivity index (χ1n) is 23.4. The van der Waals surface area contributed by atoms with Gasteiger partial charge in [-0.1, -0.05) is 38.5 Å². The Kier molecular flexibility index (Phi) is 21.9. The number of hydrogen-bond acceptors (Lipinski definition) is 19. The molecule has 0 aliphatic carbocycles. The summed E-state index contributed by atoms with van der Waals surface area (Å²) in [5.41, 5.74) is -0.963. The molecule has 0 aromatic carbocycles. The molecule has 68 heavy (non-hydrogen) atoms. The average molecular weight is 996 g/mol. The van der Waals surface area contributed by atoms with Gasteiger partial charge in [-0.05, 0) is 73.5 Å². The Morgan fingerprint density at radius 1 is 0.882 bits per heavy atom. The smallest absolute Gasteiger partial charge is 0.462 e. The minimum absolute atomic E-state index is 0.0426. The van der Waals surface area contributed by atoms with Gasteiger partial charge in [0.05, 0.1) is 55.2 Å². The van der Waals surface area contributed by atoms with Crippen LogP contribution in [0.5, 0.6) is 0 Å². The summed E-state index contributed by atoms with van der Waals surface area (Å²) in [7, 11) is 0.806. The van der Waals surface area contributed by atoms with E-state index in [-0.39, 0.29) is 31.7 Å². The number of methoxy groups -OCH3 is 2. The molecule has 392 valence electrons. The van der Waals surface area contributed by atoms with Crippen LogP contribution in [0, 0.1) is 23.7 Å². The van der Waals surface area contributed by atoms with Crippen molar-refractivity contribution in [2.24, 2.45) is 23.7 Å². The number of esters is 1. The number of likely N-dealkylation sites (N-methyl/N-ethyl adjacent to an activating group) is 1. The van der Waals surface area contributed by atoms with Crippen molar-refractivity contribution in [2.75, 3.05) is 34.9 Å². The Balaban J connectivity index is 1.70. The van der Waals surface area contributed by atoms with Gasteiger partial charge in [0.1, 0.15) is 49.0 Å². The Bertz CT molecular complexity index is 1740. The SMILES string of the molecule is CC[C@H]1OC(=O)C[C@@H](O)[C@H](C)[C@@H](O[C@@H]2O[C@H](C)[C@@H](O[C@H]3C[C@@](C)(O)[C@@H](O)[C@H](C)O3)[C@H](N(C)C)[C@H]2OP(=O)(O)O)[C@@H](CC=O)C[C@@H](C)C(=O)/C=C/C(C)=C/[C@@H]1CO[C@@H]1O[C@H](C)[C@@H](O)[C@@H](OC)[C@H]1OC. The van der Waals surface area contributed by atoms with Crippen LogP contribution in [-0.4, -0.2) is 192 Å². The molecule has 0 radical (unpaired) electrons. The number of cyclic esters (lactones) is 1. The van der Waals surface area contributed by atoms with Crippen molar-refractivity contribution < 1.29 is 96.3 Å². The third-order valence-corrected chi connectivity index (χ3v) is 14.2. The molecule has 22 heteroatoms. The number of aliphatic hydroxyl groups is 4. The van der Waals surface area contributed by atoms with Crippen LogP contribution in [-0.2, 0) is 66.1 Å². The first-order valence-corrected chi connectivity index (χ1v) is 24.9. The number of allylic oxidation sites excluding steroid dienone is 3. The van der Waals surface area contributed by atoms with Crippen molar-refractivity contribution in [3.8, 4) is 0 Å². The molecule has 4 aliphatic rings. The molecule has 4 heterocycles. The number of hydrogen-bond donors (Lipinski definition) is 6. The Morgan fingerprint density at radius 3 is 2.10 bits per heavy atom. The Morgan fingerprint density at radius 2 is 1.53 bits per heavy atom. The van der Waals surface area contributed by atoms with Gasteiger partial charge < -0.3 is 82.5 Å². The van der Waals surface area contributed by atoms with E-state index in [1.807, 2.05) is 13.0 Å². The van der Waals surface area contributed by atoms with Crippen molar-refractivity contribution in [3.63, 3.8) is 0 Å². The number of phosphoric acid groups is 1. The second-order valence-electron chi connectivity index (χ2n) is 19.3. The maximum Gasteiger partial charge on any atom is 0.470 e. The molecule has 4 rings (SSSR count). The standard InChI is InChI=1S/C46H78NO20P/c1-13-33-30(22-60-44-42(59-12)41(58-11)37(52)26(5)62-44)18-23(2)14-15-31(49)24(3)19-29(16-17-48)38(25(4)32(50)20-34(51)64-33)66-45-40(67-68(55,56)57)36(47(9)10)39(27(6)63-45)65-35-21-46(8,54)43(53)28(7)61-35/h14-15,17-18,24-30,32-33,35-45,50,52-54H,13,16,19-22H2,1-12H3,(H2,55,56,57)/b15-14+,23-18+/t24-,25+,26-,27-,28+,29+,30-,32-,33-,35+,36+,37-,38-,39-,40-,41-,42-,43+,44-,45+,46-/m1/s1. The monoisotopic (exact) mass is 995 g/mol. The quantitative estimate of drug-likeness (QED) is 0.0777. The van der Waals surface area contributed by atoms with Crippen molar-refractivity contribution in [1.29, 1.82) is 0 Å². The van der Waals surface area contributed by atoms with Crippen molar-refractivity contribution >= 4 is 25.9 Å². The Hall–Kier alpha value is -2.12.